The minimum Gasteiger partial charge on any atom is -0.323 e. The zero-order chi connectivity index (χ0) is 18.9. The van der Waals surface area contributed by atoms with Gasteiger partial charge in [0, 0.05) is 5.39 Å². The van der Waals surface area contributed by atoms with E-state index in [2.05, 4.69) is 10.3 Å². The van der Waals surface area contributed by atoms with Crippen LogP contribution in [0.4, 0.5) is 5.69 Å². The summed E-state index contributed by atoms with van der Waals surface area (Å²) < 4.78 is 25.2. The first kappa shape index (κ1) is 17.7. The lowest BCUT2D eigenvalue weighted by atomic mass is 10.1. The predicted molar refractivity (Wildman–Crippen MR) is 105 cm³/mol. The van der Waals surface area contributed by atoms with Gasteiger partial charge in [-0.1, -0.05) is 49.2 Å². The summed E-state index contributed by atoms with van der Waals surface area (Å²) in [6, 6.07) is 17.6. The Kier molecular flexibility index (Phi) is 4.44. The van der Waals surface area contributed by atoms with E-state index in [9.17, 15) is 13.2 Å². The number of anilines is 1. The molecule has 1 heterocycles. The van der Waals surface area contributed by atoms with E-state index in [4.69, 9.17) is 0 Å². The molecule has 0 aliphatic heterocycles. The molecule has 0 radical (unpaired) electrons. The molecule has 1 amide bonds. The second-order valence-electron chi connectivity index (χ2n) is 6.89. The van der Waals surface area contributed by atoms with Gasteiger partial charge in [0.15, 0.2) is 14.6 Å². The van der Waals surface area contributed by atoms with Crippen LogP contribution in [-0.4, -0.2) is 24.1 Å². The molecule has 0 bridgehead atoms. The number of carbonyl (C=O) groups is 1. The second-order valence-corrected chi connectivity index (χ2v) is 9.15. The molecular formula is C21H20N2O3S. The van der Waals surface area contributed by atoms with Crippen molar-refractivity contribution in [1.29, 1.82) is 0 Å². The fourth-order valence-corrected chi connectivity index (χ4v) is 5.86. The zero-order valence-corrected chi connectivity index (χ0v) is 15.6. The molecular weight excluding hydrogens is 360 g/mol. The number of amides is 1. The van der Waals surface area contributed by atoms with E-state index in [1.807, 2.05) is 30.3 Å². The number of para-hydroxylation sites is 1. The zero-order valence-electron chi connectivity index (χ0n) is 14.8. The number of fused-ring (bicyclic) bond motifs is 1. The van der Waals surface area contributed by atoms with Crippen LogP contribution in [0.1, 0.15) is 25.7 Å². The molecule has 6 heteroatoms. The number of carbonyl (C=O) groups excluding carboxylic acids is 1. The standard InChI is InChI=1S/C21H20N2O3S/c24-20(23-17-14-16-8-4-5-11-19(16)22-15-17)21(12-6-7-13-21)27(25,26)18-9-2-1-3-10-18/h1-5,8-11,14-15H,6-7,12-13H2,(H,23,24). The minimum absolute atomic E-state index is 0.193. The SMILES string of the molecule is O=C(Nc1cnc2ccccc2c1)C1(S(=O)(=O)c2ccccc2)CCCC1. The number of nitrogens with zero attached hydrogens (tertiary/aromatic N) is 1. The quantitative estimate of drug-likeness (QED) is 0.743. The lowest BCUT2D eigenvalue weighted by Crippen LogP contribution is -2.47. The van der Waals surface area contributed by atoms with Crippen LogP contribution in [-0.2, 0) is 14.6 Å². The molecule has 3 aromatic rings. The topological polar surface area (TPSA) is 76.1 Å². The van der Waals surface area contributed by atoms with Crippen LogP contribution in [0.15, 0.2) is 71.8 Å². The van der Waals surface area contributed by atoms with E-state index < -0.39 is 20.5 Å². The Morgan fingerprint density at radius 3 is 2.37 bits per heavy atom. The molecule has 4 rings (SSSR count). The number of benzene rings is 2. The van der Waals surface area contributed by atoms with Crippen LogP contribution in [0.3, 0.4) is 0 Å². The number of hydrogen-bond acceptors (Lipinski definition) is 4. The average Bonchev–Trinajstić information content (AvgIpc) is 3.20. The summed E-state index contributed by atoms with van der Waals surface area (Å²) in [5.74, 6) is -0.471. The van der Waals surface area contributed by atoms with E-state index in [0.717, 1.165) is 23.7 Å². The summed E-state index contributed by atoms with van der Waals surface area (Å²) in [4.78, 5) is 17.7. The first-order chi connectivity index (χ1) is 13.0. The van der Waals surface area contributed by atoms with Crippen LogP contribution < -0.4 is 5.32 Å². The van der Waals surface area contributed by atoms with E-state index in [-0.39, 0.29) is 4.90 Å². The molecule has 0 spiro atoms. The van der Waals surface area contributed by atoms with Crippen LogP contribution in [0, 0.1) is 0 Å². The maximum absolute atomic E-state index is 13.3. The third kappa shape index (κ3) is 3.00. The van der Waals surface area contributed by atoms with Crippen LogP contribution in [0.5, 0.6) is 0 Å². The Hall–Kier alpha value is -2.73. The largest absolute Gasteiger partial charge is 0.323 e. The number of pyridine rings is 1. The molecule has 27 heavy (non-hydrogen) atoms. The molecule has 1 aromatic heterocycles. The van der Waals surface area contributed by atoms with Gasteiger partial charge in [-0.15, -0.1) is 0 Å². The molecule has 0 unspecified atom stereocenters. The van der Waals surface area contributed by atoms with Gasteiger partial charge in [-0.2, -0.15) is 0 Å². The number of rotatable bonds is 4. The van der Waals surface area contributed by atoms with Gasteiger partial charge in [-0.05, 0) is 37.1 Å². The van der Waals surface area contributed by atoms with Gasteiger partial charge in [0.1, 0.15) is 0 Å². The van der Waals surface area contributed by atoms with E-state index in [0.29, 0.717) is 18.5 Å². The first-order valence-electron chi connectivity index (χ1n) is 8.99. The molecule has 0 atom stereocenters. The maximum atomic E-state index is 13.3. The molecule has 1 saturated carbocycles. The normalized spacial score (nSPS) is 16.3. The van der Waals surface area contributed by atoms with Gasteiger partial charge in [-0.3, -0.25) is 9.78 Å². The van der Waals surface area contributed by atoms with Crippen molar-refractivity contribution in [1.82, 2.24) is 4.98 Å². The number of hydrogen-bond donors (Lipinski definition) is 1. The Morgan fingerprint density at radius 2 is 1.63 bits per heavy atom. The summed E-state index contributed by atoms with van der Waals surface area (Å²) in [6.07, 6.45) is 3.66. The van der Waals surface area contributed by atoms with E-state index in [1.54, 1.807) is 36.5 Å². The first-order valence-corrected chi connectivity index (χ1v) is 10.5. The summed E-state index contributed by atoms with van der Waals surface area (Å²) in [6.45, 7) is 0. The summed E-state index contributed by atoms with van der Waals surface area (Å²) in [5.41, 5.74) is 1.33. The highest BCUT2D eigenvalue weighted by atomic mass is 32.2. The molecule has 1 N–H and O–H groups in total. The van der Waals surface area contributed by atoms with Crippen molar-refractivity contribution in [3.63, 3.8) is 0 Å². The fourth-order valence-electron chi connectivity index (χ4n) is 3.77. The average molecular weight is 380 g/mol. The van der Waals surface area contributed by atoms with Crippen LogP contribution in [0.2, 0.25) is 0 Å². The highest BCUT2D eigenvalue weighted by Gasteiger charge is 2.52. The second kappa shape index (κ2) is 6.78. The van der Waals surface area contributed by atoms with Gasteiger partial charge >= 0.3 is 0 Å². The monoisotopic (exact) mass is 380 g/mol. The van der Waals surface area contributed by atoms with Gasteiger partial charge < -0.3 is 5.32 Å². The molecule has 0 saturated heterocycles. The van der Waals surface area contributed by atoms with Crippen molar-refractivity contribution >= 4 is 32.3 Å². The summed E-state index contributed by atoms with van der Waals surface area (Å²) in [7, 11) is -3.79. The van der Waals surface area contributed by atoms with Crippen LogP contribution >= 0.6 is 0 Å². The van der Waals surface area contributed by atoms with Gasteiger partial charge in [0.05, 0.1) is 22.3 Å². The molecule has 1 fully saturated rings. The van der Waals surface area contributed by atoms with Crippen molar-refractivity contribution in [2.45, 2.75) is 35.3 Å². The van der Waals surface area contributed by atoms with Crippen molar-refractivity contribution in [3.8, 4) is 0 Å². The highest BCUT2D eigenvalue weighted by molar-refractivity contribution is 7.93. The molecule has 1 aliphatic carbocycles. The highest BCUT2D eigenvalue weighted by Crippen LogP contribution is 2.41. The Labute approximate surface area is 158 Å². The number of sulfone groups is 1. The third-order valence-corrected chi connectivity index (χ3v) is 7.76. The molecule has 138 valence electrons. The Balaban J connectivity index is 1.70. The Morgan fingerprint density at radius 1 is 0.963 bits per heavy atom. The number of aromatic nitrogens is 1. The third-order valence-electron chi connectivity index (χ3n) is 5.24. The molecule has 2 aromatic carbocycles. The maximum Gasteiger partial charge on any atom is 0.246 e. The van der Waals surface area contributed by atoms with Gasteiger partial charge in [0.25, 0.3) is 0 Å². The minimum atomic E-state index is -3.79. The van der Waals surface area contributed by atoms with Crippen molar-refractivity contribution < 1.29 is 13.2 Å². The predicted octanol–water partition coefficient (Wildman–Crippen LogP) is 3.96. The van der Waals surface area contributed by atoms with E-state index in [1.165, 1.54) is 0 Å². The number of nitrogens with one attached hydrogen (secondary N) is 1. The van der Waals surface area contributed by atoms with E-state index >= 15 is 0 Å². The molecule has 5 nitrogen and oxygen atoms in total. The van der Waals surface area contributed by atoms with Crippen molar-refractivity contribution in [2.24, 2.45) is 0 Å². The fraction of sp³-hybridized carbons (Fsp3) is 0.238. The summed E-state index contributed by atoms with van der Waals surface area (Å²) >= 11 is 0. The lowest BCUT2D eigenvalue weighted by Gasteiger charge is -2.27. The van der Waals surface area contributed by atoms with Gasteiger partial charge in [-0.25, -0.2) is 8.42 Å². The van der Waals surface area contributed by atoms with Crippen LogP contribution in [0.25, 0.3) is 10.9 Å². The molecule has 1 aliphatic rings. The Bertz CT molecular complexity index is 1090. The van der Waals surface area contributed by atoms with Crippen molar-refractivity contribution in [2.75, 3.05) is 5.32 Å². The van der Waals surface area contributed by atoms with Crippen molar-refractivity contribution in [3.05, 3.63) is 66.9 Å². The van der Waals surface area contributed by atoms with Gasteiger partial charge in [0.2, 0.25) is 5.91 Å². The smallest absolute Gasteiger partial charge is 0.246 e. The summed E-state index contributed by atoms with van der Waals surface area (Å²) in [5, 5.41) is 3.70. The lowest BCUT2D eigenvalue weighted by molar-refractivity contribution is -0.118.